The fourth-order valence-electron chi connectivity index (χ4n) is 8.24. The molecule has 54 heavy (non-hydrogen) atoms. The van der Waals surface area contributed by atoms with E-state index in [0.717, 1.165) is 39.1 Å². The van der Waals surface area contributed by atoms with Crippen molar-refractivity contribution in [2.45, 2.75) is 0 Å². The standard InChI is InChI=1S/C50H29N3S/c51-30-31-13-15-32(16-14-31)33-17-19-35(20-18-33)38-26-27-39(42-10-4-3-9-41(38)42)36-21-23-37(24-22-36)46-29-43-48-40-8-2-1-7-34(40)25-28-47(48)54-49(43)50-52-44-11-5-6-12-45(44)53(46)50/h1-29H. The van der Waals surface area contributed by atoms with Gasteiger partial charge in [-0.3, -0.25) is 4.40 Å². The summed E-state index contributed by atoms with van der Waals surface area (Å²) in [6.07, 6.45) is 0. The summed E-state index contributed by atoms with van der Waals surface area (Å²) in [6, 6.07) is 65.0. The topological polar surface area (TPSA) is 41.1 Å². The van der Waals surface area contributed by atoms with Crippen molar-refractivity contribution in [3.8, 4) is 50.7 Å². The van der Waals surface area contributed by atoms with Gasteiger partial charge in [0.25, 0.3) is 0 Å². The molecule has 0 aliphatic rings. The summed E-state index contributed by atoms with van der Waals surface area (Å²) in [4.78, 5) is 5.23. The zero-order chi connectivity index (χ0) is 35.8. The van der Waals surface area contributed by atoms with Crippen LogP contribution in [0.3, 0.4) is 0 Å². The third kappa shape index (κ3) is 4.70. The molecule has 0 unspecified atom stereocenters. The molecule has 0 amide bonds. The van der Waals surface area contributed by atoms with Gasteiger partial charge in [0.1, 0.15) is 0 Å². The number of pyridine rings is 1. The van der Waals surface area contributed by atoms with Crippen molar-refractivity contribution in [2.24, 2.45) is 0 Å². The maximum atomic E-state index is 9.19. The largest absolute Gasteiger partial charge is 0.291 e. The van der Waals surface area contributed by atoms with Gasteiger partial charge in [-0.2, -0.15) is 5.26 Å². The van der Waals surface area contributed by atoms with Crippen LogP contribution in [0.25, 0.3) is 103 Å². The zero-order valence-electron chi connectivity index (χ0n) is 29.0. The molecule has 0 fully saturated rings. The average molecular weight is 704 g/mol. The number of thiophene rings is 1. The van der Waals surface area contributed by atoms with Gasteiger partial charge < -0.3 is 0 Å². The Balaban J connectivity index is 1.03. The first-order valence-electron chi connectivity index (χ1n) is 18.1. The van der Waals surface area contributed by atoms with Gasteiger partial charge in [0, 0.05) is 15.5 Å². The van der Waals surface area contributed by atoms with Crippen molar-refractivity contribution in [3.05, 3.63) is 181 Å². The zero-order valence-corrected chi connectivity index (χ0v) is 29.8. The van der Waals surface area contributed by atoms with Crippen LogP contribution in [0.5, 0.6) is 0 Å². The highest BCUT2D eigenvalue weighted by Crippen LogP contribution is 2.44. The van der Waals surface area contributed by atoms with Gasteiger partial charge in [0.15, 0.2) is 5.65 Å². The number of hydrogen-bond donors (Lipinski definition) is 0. The molecule has 3 aromatic heterocycles. The van der Waals surface area contributed by atoms with Crippen LogP contribution in [-0.4, -0.2) is 9.38 Å². The van der Waals surface area contributed by atoms with Crippen molar-refractivity contribution >= 4 is 69.7 Å². The quantitative estimate of drug-likeness (QED) is 0.183. The number of hydrogen-bond acceptors (Lipinski definition) is 3. The molecule has 3 nitrogen and oxygen atoms in total. The highest BCUT2D eigenvalue weighted by Gasteiger charge is 2.19. The summed E-state index contributed by atoms with van der Waals surface area (Å²) in [5.74, 6) is 0. The minimum Gasteiger partial charge on any atom is -0.291 e. The molecule has 8 aromatic carbocycles. The first kappa shape index (κ1) is 30.6. The molecule has 0 atom stereocenters. The number of benzene rings is 8. The van der Waals surface area contributed by atoms with Crippen molar-refractivity contribution in [1.82, 2.24) is 9.38 Å². The summed E-state index contributed by atoms with van der Waals surface area (Å²) in [5, 5.41) is 16.7. The Hall–Kier alpha value is -7.06. The first-order chi connectivity index (χ1) is 26.7. The van der Waals surface area contributed by atoms with Gasteiger partial charge >= 0.3 is 0 Å². The molecule has 0 saturated carbocycles. The second-order valence-corrected chi connectivity index (χ2v) is 14.9. The second kappa shape index (κ2) is 12.0. The normalized spacial score (nSPS) is 11.7. The first-order valence-corrected chi connectivity index (χ1v) is 18.9. The maximum absolute atomic E-state index is 9.19. The van der Waals surface area contributed by atoms with Gasteiger partial charge in [-0.1, -0.05) is 140 Å². The Morgan fingerprint density at radius 1 is 0.500 bits per heavy atom. The summed E-state index contributed by atoms with van der Waals surface area (Å²) in [7, 11) is 0. The number of nitrogens with zero attached hydrogens (tertiary/aromatic N) is 3. The van der Waals surface area contributed by atoms with Crippen LogP contribution in [0.2, 0.25) is 0 Å². The number of imidazole rings is 1. The highest BCUT2D eigenvalue weighted by molar-refractivity contribution is 7.26. The number of para-hydroxylation sites is 2. The highest BCUT2D eigenvalue weighted by atomic mass is 32.1. The molecular formula is C50H29N3S. The summed E-state index contributed by atoms with van der Waals surface area (Å²) in [6.45, 7) is 0. The minimum absolute atomic E-state index is 0.670. The van der Waals surface area contributed by atoms with Gasteiger partial charge in [0.05, 0.1) is 33.1 Å². The molecule has 4 heteroatoms. The lowest BCUT2D eigenvalue weighted by Gasteiger charge is -2.14. The van der Waals surface area contributed by atoms with Crippen LogP contribution in [0.1, 0.15) is 5.56 Å². The molecule has 0 N–H and O–H groups in total. The van der Waals surface area contributed by atoms with E-state index in [1.807, 2.05) is 35.6 Å². The molecule has 3 heterocycles. The number of rotatable bonds is 4. The van der Waals surface area contributed by atoms with E-state index in [0.29, 0.717) is 5.56 Å². The Bertz CT molecular complexity index is 3310. The van der Waals surface area contributed by atoms with E-state index < -0.39 is 0 Å². The van der Waals surface area contributed by atoms with E-state index >= 15 is 0 Å². The lowest BCUT2D eigenvalue weighted by Crippen LogP contribution is -1.93. The molecule has 0 spiro atoms. The lowest BCUT2D eigenvalue weighted by atomic mass is 9.91. The van der Waals surface area contributed by atoms with Crippen molar-refractivity contribution in [3.63, 3.8) is 0 Å². The fraction of sp³-hybridized carbons (Fsp3) is 0. The van der Waals surface area contributed by atoms with Gasteiger partial charge in [-0.05, 0) is 96.9 Å². The van der Waals surface area contributed by atoms with E-state index in [2.05, 4.69) is 162 Å². The monoisotopic (exact) mass is 703 g/mol. The molecule has 0 aliphatic heterocycles. The van der Waals surface area contributed by atoms with Crippen LogP contribution >= 0.6 is 11.3 Å². The molecular weight excluding hydrogens is 675 g/mol. The molecule has 11 rings (SSSR count). The number of fused-ring (bicyclic) bond motifs is 10. The summed E-state index contributed by atoms with van der Waals surface area (Å²) < 4.78 is 4.84. The van der Waals surface area contributed by atoms with Gasteiger partial charge in [0.2, 0.25) is 0 Å². The van der Waals surface area contributed by atoms with Crippen molar-refractivity contribution in [1.29, 1.82) is 5.26 Å². The molecule has 11 aromatic rings. The van der Waals surface area contributed by atoms with Crippen molar-refractivity contribution < 1.29 is 0 Å². The Morgan fingerprint density at radius 2 is 1.07 bits per heavy atom. The second-order valence-electron chi connectivity index (χ2n) is 13.8. The van der Waals surface area contributed by atoms with E-state index in [-0.39, 0.29) is 0 Å². The van der Waals surface area contributed by atoms with E-state index in [1.54, 1.807) is 0 Å². The summed E-state index contributed by atoms with van der Waals surface area (Å²) in [5.41, 5.74) is 13.1. The molecule has 0 radical (unpaired) electrons. The van der Waals surface area contributed by atoms with E-state index in [1.165, 1.54) is 64.0 Å². The third-order valence-corrected chi connectivity index (χ3v) is 12.0. The maximum Gasteiger partial charge on any atom is 0.156 e. The lowest BCUT2D eigenvalue weighted by molar-refractivity contribution is 1.25. The fourth-order valence-corrected chi connectivity index (χ4v) is 9.41. The Morgan fingerprint density at radius 3 is 1.76 bits per heavy atom. The Kier molecular flexibility index (Phi) is 6.79. The van der Waals surface area contributed by atoms with E-state index in [9.17, 15) is 5.26 Å². The smallest absolute Gasteiger partial charge is 0.156 e. The number of aromatic nitrogens is 2. The summed E-state index contributed by atoms with van der Waals surface area (Å²) >= 11 is 1.83. The molecule has 0 saturated heterocycles. The molecule has 0 aliphatic carbocycles. The number of nitriles is 1. The third-order valence-electron chi connectivity index (χ3n) is 10.9. The van der Waals surface area contributed by atoms with E-state index in [4.69, 9.17) is 4.98 Å². The van der Waals surface area contributed by atoms with Crippen LogP contribution < -0.4 is 0 Å². The molecule has 250 valence electrons. The Labute approximate surface area is 315 Å². The average Bonchev–Trinajstić information content (AvgIpc) is 3.83. The van der Waals surface area contributed by atoms with Gasteiger partial charge in [-0.25, -0.2) is 4.98 Å². The van der Waals surface area contributed by atoms with Crippen LogP contribution in [0, 0.1) is 11.3 Å². The minimum atomic E-state index is 0.670. The SMILES string of the molecule is N#Cc1ccc(-c2ccc(-c3ccc(-c4ccc(-c5cc6c(sc7ccc8ccccc8c76)c6nc7ccccc7n56)cc4)c4ccccc34)cc2)cc1. The van der Waals surface area contributed by atoms with Crippen molar-refractivity contribution in [2.75, 3.05) is 0 Å². The predicted molar refractivity (Wildman–Crippen MR) is 227 cm³/mol. The van der Waals surface area contributed by atoms with Gasteiger partial charge in [-0.15, -0.1) is 11.3 Å². The van der Waals surface area contributed by atoms with Crippen LogP contribution in [0.4, 0.5) is 0 Å². The van der Waals surface area contributed by atoms with Crippen LogP contribution in [0.15, 0.2) is 176 Å². The molecule has 0 bridgehead atoms. The predicted octanol–water partition coefficient (Wildman–Crippen LogP) is 13.7. The van der Waals surface area contributed by atoms with Crippen LogP contribution in [-0.2, 0) is 0 Å².